The van der Waals surface area contributed by atoms with E-state index in [0.29, 0.717) is 22.1 Å². The number of anilines is 2. The van der Waals surface area contributed by atoms with Crippen molar-refractivity contribution in [3.05, 3.63) is 52.7 Å². The van der Waals surface area contributed by atoms with Gasteiger partial charge in [0.1, 0.15) is 17.1 Å². The zero-order valence-electron chi connectivity index (χ0n) is 18.5. The lowest BCUT2D eigenvalue weighted by Crippen LogP contribution is -2.32. The molecule has 1 aromatic heterocycles. The molecule has 1 heterocycles. The molecule has 0 aliphatic rings. The highest BCUT2D eigenvalue weighted by atomic mass is 35.5. The molecule has 7 heteroatoms. The molecule has 0 bridgehead atoms. The molecule has 30 heavy (non-hydrogen) atoms. The minimum absolute atomic E-state index is 0.229. The number of amides is 1. The van der Waals surface area contributed by atoms with E-state index in [4.69, 9.17) is 16.3 Å². The van der Waals surface area contributed by atoms with Crippen LogP contribution >= 0.6 is 11.6 Å². The van der Waals surface area contributed by atoms with Gasteiger partial charge in [-0.05, 0) is 77.4 Å². The van der Waals surface area contributed by atoms with Gasteiger partial charge >= 0.3 is 5.97 Å². The van der Waals surface area contributed by atoms with Crippen LogP contribution in [0.25, 0.3) is 0 Å². The van der Waals surface area contributed by atoms with Crippen molar-refractivity contribution in [3.63, 3.8) is 0 Å². The zero-order valence-corrected chi connectivity index (χ0v) is 19.2. The van der Waals surface area contributed by atoms with E-state index in [1.54, 1.807) is 36.4 Å². The topological polar surface area (TPSA) is 71.5 Å². The number of ether oxygens (including phenoxy) is 1. The molecular weight excluding hydrogens is 402 g/mol. The fourth-order valence-corrected chi connectivity index (χ4v) is 3.05. The number of carbonyl (C=O) groups excluding carboxylic acids is 2. The summed E-state index contributed by atoms with van der Waals surface area (Å²) in [7, 11) is 0. The van der Waals surface area contributed by atoms with E-state index in [1.807, 2.05) is 20.8 Å². The number of esters is 1. The predicted octanol–water partition coefficient (Wildman–Crippen LogP) is 5.57. The molecule has 1 amide bonds. The van der Waals surface area contributed by atoms with Crippen molar-refractivity contribution in [3.8, 4) is 0 Å². The van der Waals surface area contributed by atoms with Crippen LogP contribution in [0.1, 0.15) is 68.8 Å². The average molecular weight is 432 g/mol. The van der Waals surface area contributed by atoms with Gasteiger partial charge in [0.25, 0.3) is 5.91 Å². The Balaban J connectivity index is 2.17. The largest absolute Gasteiger partial charge is 0.456 e. The molecule has 0 saturated carbocycles. The second-order valence-electron chi connectivity index (χ2n) is 8.35. The van der Waals surface area contributed by atoms with Crippen LogP contribution in [0.5, 0.6) is 0 Å². The Morgan fingerprint density at radius 3 is 2.33 bits per heavy atom. The summed E-state index contributed by atoms with van der Waals surface area (Å²) in [6, 6.07) is 10.1. The van der Waals surface area contributed by atoms with Gasteiger partial charge in [-0.3, -0.25) is 4.79 Å². The van der Waals surface area contributed by atoms with E-state index in [0.717, 1.165) is 13.0 Å². The number of hydrogen-bond acceptors (Lipinski definition) is 5. The summed E-state index contributed by atoms with van der Waals surface area (Å²) in [5.41, 5.74) is 0.625. The summed E-state index contributed by atoms with van der Waals surface area (Å²) in [6.07, 6.45) is 0.956. The van der Waals surface area contributed by atoms with Gasteiger partial charge in [0.2, 0.25) is 0 Å². The summed E-state index contributed by atoms with van der Waals surface area (Å²) < 4.78 is 5.35. The smallest absolute Gasteiger partial charge is 0.338 e. The second kappa shape index (κ2) is 9.94. The van der Waals surface area contributed by atoms with Crippen LogP contribution in [0.3, 0.4) is 0 Å². The average Bonchev–Trinajstić information content (AvgIpc) is 2.64. The quantitative estimate of drug-likeness (QED) is 0.580. The Kier molecular flexibility index (Phi) is 7.84. The molecule has 0 aliphatic heterocycles. The van der Waals surface area contributed by atoms with Gasteiger partial charge in [-0.15, -0.1) is 0 Å². The summed E-state index contributed by atoms with van der Waals surface area (Å²) >= 11 is 6.26. The molecule has 1 N–H and O–H groups in total. The molecule has 0 fully saturated rings. The van der Waals surface area contributed by atoms with Crippen molar-refractivity contribution >= 4 is 35.0 Å². The van der Waals surface area contributed by atoms with Gasteiger partial charge in [0.15, 0.2) is 0 Å². The highest BCUT2D eigenvalue weighted by Gasteiger charge is 2.19. The first-order valence-electron chi connectivity index (χ1n) is 10.1. The number of nitrogens with zero attached hydrogens (tertiary/aromatic N) is 2. The third-order valence-corrected chi connectivity index (χ3v) is 4.39. The van der Waals surface area contributed by atoms with Crippen LogP contribution in [0, 0.1) is 0 Å². The number of carbonyl (C=O) groups is 2. The molecule has 0 saturated heterocycles. The molecule has 0 spiro atoms. The van der Waals surface area contributed by atoms with Crippen molar-refractivity contribution in [1.29, 1.82) is 0 Å². The van der Waals surface area contributed by atoms with E-state index in [9.17, 15) is 9.59 Å². The van der Waals surface area contributed by atoms with Crippen LogP contribution in [0.4, 0.5) is 11.5 Å². The molecule has 0 radical (unpaired) electrons. The Bertz CT molecular complexity index is 890. The van der Waals surface area contributed by atoms with Gasteiger partial charge in [0, 0.05) is 23.3 Å². The van der Waals surface area contributed by atoms with Crippen molar-refractivity contribution in [2.45, 2.75) is 59.6 Å². The van der Waals surface area contributed by atoms with Crippen LogP contribution in [0.15, 0.2) is 36.4 Å². The van der Waals surface area contributed by atoms with E-state index in [2.05, 4.69) is 36.0 Å². The van der Waals surface area contributed by atoms with Gasteiger partial charge in [0.05, 0.1) is 5.56 Å². The molecule has 2 aromatic rings. The molecular formula is C23H30ClN3O3. The van der Waals surface area contributed by atoms with Gasteiger partial charge < -0.3 is 15.0 Å². The number of benzene rings is 1. The molecule has 0 unspecified atom stereocenters. The number of rotatable bonds is 7. The summed E-state index contributed by atoms with van der Waals surface area (Å²) in [4.78, 5) is 31.5. The van der Waals surface area contributed by atoms with Gasteiger partial charge in [-0.1, -0.05) is 18.5 Å². The van der Waals surface area contributed by atoms with Crippen molar-refractivity contribution in [2.75, 3.05) is 16.8 Å². The highest BCUT2D eigenvalue weighted by Crippen LogP contribution is 2.22. The Labute approximate surface area is 183 Å². The van der Waals surface area contributed by atoms with Crippen LogP contribution in [-0.2, 0) is 4.74 Å². The molecule has 0 atom stereocenters. The predicted molar refractivity (Wildman–Crippen MR) is 122 cm³/mol. The zero-order chi connectivity index (χ0) is 22.5. The van der Waals surface area contributed by atoms with Gasteiger partial charge in [-0.25, -0.2) is 9.78 Å². The molecule has 0 aliphatic carbocycles. The maximum Gasteiger partial charge on any atom is 0.338 e. The highest BCUT2D eigenvalue weighted by molar-refractivity contribution is 6.31. The number of hydrogen-bond donors (Lipinski definition) is 1. The lowest BCUT2D eigenvalue weighted by atomic mass is 10.1. The third kappa shape index (κ3) is 6.73. The fraction of sp³-hybridized carbons (Fsp3) is 0.435. The minimum Gasteiger partial charge on any atom is -0.456 e. The molecule has 2 rings (SSSR count). The summed E-state index contributed by atoms with van der Waals surface area (Å²) in [5, 5.41) is 3.25. The number of aromatic nitrogens is 1. The Hall–Kier alpha value is -2.60. The Morgan fingerprint density at radius 2 is 1.80 bits per heavy atom. The molecule has 6 nitrogen and oxygen atoms in total. The van der Waals surface area contributed by atoms with E-state index >= 15 is 0 Å². The van der Waals surface area contributed by atoms with E-state index in [-0.39, 0.29) is 17.6 Å². The minimum atomic E-state index is -0.568. The van der Waals surface area contributed by atoms with E-state index < -0.39 is 11.6 Å². The maximum absolute atomic E-state index is 12.7. The van der Waals surface area contributed by atoms with E-state index in [1.165, 1.54) is 0 Å². The van der Waals surface area contributed by atoms with Gasteiger partial charge in [-0.2, -0.15) is 0 Å². The van der Waals surface area contributed by atoms with Crippen molar-refractivity contribution in [2.24, 2.45) is 0 Å². The van der Waals surface area contributed by atoms with Crippen LogP contribution in [-0.4, -0.2) is 35.0 Å². The fourth-order valence-electron chi connectivity index (χ4n) is 2.85. The van der Waals surface area contributed by atoms with Crippen LogP contribution in [0.2, 0.25) is 5.02 Å². The first-order valence-corrected chi connectivity index (χ1v) is 10.5. The van der Waals surface area contributed by atoms with Crippen molar-refractivity contribution in [1.82, 2.24) is 4.98 Å². The number of nitrogens with one attached hydrogen (secondary N) is 1. The Morgan fingerprint density at radius 1 is 1.17 bits per heavy atom. The second-order valence-corrected chi connectivity index (χ2v) is 8.79. The third-order valence-electron chi connectivity index (χ3n) is 4.17. The maximum atomic E-state index is 12.7. The number of pyridine rings is 1. The lowest BCUT2D eigenvalue weighted by molar-refractivity contribution is 0.00695. The first-order chi connectivity index (χ1) is 14.0. The first kappa shape index (κ1) is 23.7. The number of halogens is 1. The summed E-state index contributed by atoms with van der Waals surface area (Å²) in [5.74, 6) is -0.111. The van der Waals surface area contributed by atoms with Crippen molar-refractivity contribution < 1.29 is 14.3 Å². The van der Waals surface area contributed by atoms with Crippen LogP contribution < -0.4 is 10.2 Å². The monoisotopic (exact) mass is 431 g/mol. The SMILES string of the molecule is CCCN(c1cc(Cl)cc(C(=O)Nc2ccc(C(=O)OC(C)(C)C)cc2)n1)C(C)C. The molecule has 1 aromatic carbocycles. The summed E-state index contributed by atoms with van der Waals surface area (Å²) in [6.45, 7) is 12.5. The standard InChI is InChI=1S/C23H30ClN3O3/c1-7-12-27(15(2)3)20-14-17(24)13-19(26-20)21(28)25-18-10-8-16(9-11-18)22(29)30-23(4,5)6/h8-11,13-15H,7,12H2,1-6H3,(H,25,28). The normalized spacial score (nSPS) is 11.3. The molecule has 162 valence electrons. The lowest BCUT2D eigenvalue weighted by Gasteiger charge is -2.27.